The summed E-state index contributed by atoms with van der Waals surface area (Å²) in [5.41, 5.74) is 2.40. The molecular weight excluding hydrogens is 314 g/mol. The Hall–Kier alpha value is -2.69. The van der Waals surface area contributed by atoms with Crippen LogP contribution in [0.1, 0.15) is 53.6 Å². The van der Waals surface area contributed by atoms with E-state index in [1.165, 1.54) is 12.1 Å². The number of hydrogen-bond acceptors (Lipinski definition) is 3. The highest BCUT2D eigenvalue weighted by molar-refractivity contribution is 5.68. The Morgan fingerprint density at radius 1 is 1.24 bits per heavy atom. The number of nitrogens with zero attached hydrogens (tertiary/aromatic N) is 3. The minimum atomic E-state index is -0.407. The lowest BCUT2D eigenvalue weighted by atomic mass is 10.1. The van der Waals surface area contributed by atoms with Crippen molar-refractivity contribution in [3.05, 3.63) is 58.6 Å². The molecule has 0 spiro atoms. The van der Waals surface area contributed by atoms with E-state index in [-0.39, 0.29) is 13.1 Å². The molecule has 0 N–H and O–H groups in total. The van der Waals surface area contributed by atoms with E-state index in [1.807, 2.05) is 64.3 Å². The number of imidazole rings is 1. The molecule has 25 heavy (non-hydrogen) atoms. The molecule has 1 aromatic carbocycles. The van der Waals surface area contributed by atoms with Gasteiger partial charge in [-0.05, 0) is 19.9 Å². The van der Waals surface area contributed by atoms with Gasteiger partial charge < -0.3 is 4.57 Å². The summed E-state index contributed by atoms with van der Waals surface area (Å²) >= 11 is 0. The Bertz CT molecular complexity index is 701. The zero-order valence-electron chi connectivity index (χ0n) is 15.4. The van der Waals surface area contributed by atoms with Gasteiger partial charge in [0.1, 0.15) is 5.82 Å². The van der Waals surface area contributed by atoms with Crippen molar-refractivity contribution in [1.82, 2.24) is 9.55 Å². The number of benzene rings is 1. The van der Waals surface area contributed by atoms with E-state index in [9.17, 15) is 10.1 Å². The average molecular weight is 345 g/mol. The average Bonchev–Trinajstić information content (AvgIpc) is 2.94. The number of rotatable bonds is 4. The van der Waals surface area contributed by atoms with Crippen molar-refractivity contribution in [2.45, 2.75) is 49.0 Å². The predicted octanol–water partition coefficient (Wildman–Crippen LogP) is 6.59. The summed E-state index contributed by atoms with van der Waals surface area (Å²) in [5.74, 6) is 0.751. The van der Waals surface area contributed by atoms with E-state index in [4.69, 9.17) is 0 Å². The minimum Gasteiger partial charge on any atom is -0.304 e. The summed E-state index contributed by atoms with van der Waals surface area (Å²) < 4.78 is 1.86. The van der Waals surface area contributed by atoms with Crippen LogP contribution < -0.4 is 0 Å². The number of hydrogen-bond donors (Lipinski definition) is 0. The summed E-state index contributed by atoms with van der Waals surface area (Å²) in [4.78, 5) is 15.0. The Labute approximate surface area is 151 Å². The Morgan fingerprint density at radius 3 is 2.32 bits per heavy atom. The first-order valence-corrected chi connectivity index (χ1v) is 8.17. The van der Waals surface area contributed by atoms with Crippen LogP contribution in [0.4, 0.5) is 5.69 Å². The topological polar surface area (TPSA) is 61.0 Å². The molecule has 1 heterocycles. The first-order chi connectivity index (χ1) is 11.6. The summed E-state index contributed by atoms with van der Waals surface area (Å²) in [7, 11) is 0. The number of aromatic nitrogens is 2. The highest BCUT2D eigenvalue weighted by atomic mass is 16.6. The largest absolute Gasteiger partial charge is 0.304 e. The molecule has 0 aliphatic carbocycles. The number of nitro groups is 1. The van der Waals surface area contributed by atoms with Gasteiger partial charge in [0.15, 0.2) is 0 Å². The van der Waals surface area contributed by atoms with Crippen molar-refractivity contribution in [2.75, 3.05) is 0 Å². The van der Waals surface area contributed by atoms with Gasteiger partial charge >= 0.3 is 0 Å². The maximum Gasteiger partial charge on any atom is 0.270 e. The van der Waals surface area contributed by atoms with E-state index >= 15 is 0 Å². The Balaban J connectivity index is 0. The molecule has 0 saturated heterocycles. The van der Waals surface area contributed by atoms with Crippen LogP contribution in [0.2, 0.25) is 0 Å². The normalized spacial score (nSPS) is 9.20. The third-order valence-corrected chi connectivity index (χ3v) is 3.01. The summed E-state index contributed by atoms with van der Waals surface area (Å²) in [6.07, 6.45) is 5.44. The van der Waals surface area contributed by atoms with Crippen molar-refractivity contribution < 1.29 is 4.92 Å². The van der Waals surface area contributed by atoms with Crippen molar-refractivity contribution in [3.8, 4) is 11.3 Å². The van der Waals surface area contributed by atoms with Gasteiger partial charge in [-0.2, -0.15) is 0 Å². The van der Waals surface area contributed by atoms with Gasteiger partial charge in [0.05, 0.1) is 10.6 Å². The van der Waals surface area contributed by atoms with E-state index in [0.29, 0.717) is 0 Å². The molecule has 0 aliphatic rings. The highest BCUT2D eigenvalue weighted by Gasteiger charge is 2.14. The zero-order chi connectivity index (χ0) is 18.7. The van der Waals surface area contributed by atoms with Crippen LogP contribution in [0.5, 0.6) is 0 Å². The molecule has 0 amide bonds. The first kappa shape index (κ1) is 24.6. The number of non-ortho nitro benzene ring substituents is 1. The Morgan fingerprint density at radius 2 is 1.84 bits per heavy atom. The fraction of sp³-hybridized carbons (Fsp3) is 0.350. The molecule has 1 aromatic heterocycles. The van der Waals surface area contributed by atoms with Crippen molar-refractivity contribution in [2.24, 2.45) is 0 Å². The fourth-order valence-corrected chi connectivity index (χ4v) is 2.07. The molecule has 0 radical (unpaired) electrons. The molecule has 0 bridgehead atoms. The molecule has 0 atom stereocenters. The predicted molar refractivity (Wildman–Crippen MR) is 110 cm³/mol. The van der Waals surface area contributed by atoms with Crippen LogP contribution in [0.25, 0.3) is 23.5 Å². The molecule has 0 aliphatic heterocycles. The standard InChI is InChI=1S/C15H15N3O2.2C2H6.CH4/c1-4-7-14-16-15(11(3)17(14)5-2)12-8-6-9-13(10-12)18(19)20;2*1-2;/h4-10H,2H2,1,3H3;2*1-2H3;1H4/b7-4-;;;. The lowest BCUT2D eigenvalue weighted by Crippen LogP contribution is -1.92. The van der Waals surface area contributed by atoms with Crippen molar-refractivity contribution in [3.63, 3.8) is 0 Å². The van der Waals surface area contributed by atoms with Crippen LogP contribution in [0.15, 0.2) is 36.9 Å². The molecule has 2 aromatic rings. The van der Waals surface area contributed by atoms with Gasteiger partial charge in [0.2, 0.25) is 0 Å². The van der Waals surface area contributed by atoms with Crippen LogP contribution in [-0.4, -0.2) is 14.5 Å². The van der Waals surface area contributed by atoms with Crippen molar-refractivity contribution >= 4 is 18.0 Å². The maximum atomic E-state index is 10.9. The maximum absolute atomic E-state index is 10.9. The van der Waals surface area contributed by atoms with Gasteiger partial charge in [-0.3, -0.25) is 10.1 Å². The van der Waals surface area contributed by atoms with Crippen LogP contribution in [0.3, 0.4) is 0 Å². The molecular formula is C20H31N3O2. The molecule has 5 heteroatoms. The third kappa shape index (κ3) is 6.03. The second-order valence-corrected chi connectivity index (χ2v) is 4.26. The third-order valence-electron chi connectivity index (χ3n) is 3.01. The molecule has 0 fully saturated rings. The summed E-state index contributed by atoms with van der Waals surface area (Å²) in [6, 6.07) is 6.47. The summed E-state index contributed by atoms with van der Waals surface area (Å²) in [6.45, 7) is 15.6. The van der Waals surface area contributed by atoms with E-state index in [1.54, 1.807) is 12.3 Å². The van der Waals surface area contributed by atoms with E-state index in [2.05, 4.69) is 11.6 Å². The smallest absolute Gasteiger partial charge is 0.270 e. The second kappa shape index (κ2) is 12.7. The second-order valence-electron chi connectivity index (χ2n) is 4.26. The van der Waals surface area contributed by atoms with Crippen LogP contribution in [0, 0.1) is 17.0 Å². The van der Waals surface area contributed by atoms with Gasteiger partial charge in [-0.1, -0.05) is 59.9 Å². The summed E-state index contributed by atoms with van der Waals surface area (Å²) in [5, 5.41) is 10.9. The SMILES string of the molecule is C.C=Cn1c(/C=C\C)nc(-c2cccc([N+](=O)[O-])c2)c1C.CC.CC. The molecule has 5 nitrogen and oxygen atoms in total. The van der Waals surface area contributed by atoms with Crippen LogP contribution >= 0.6 is 0 Å². The van der Waals surface area contributed by atoms with Crippen LogP contribution in [-0.2, 0) is 0 Å². The highest BCUT2D eigenvalue weighted by Crippen LogP contribution is 2.27. The number of nitro benzene ring substituents is 1. The van der Waals surface area contributed by atoms with E-state index in [0.717, 1.165) is 22.8 Å². The van der Waals surface area contributed by atoms with Gasteiger partial charge in [-0.15, -0.1) is 0 Å². The molecule has 138 valence electrons. The minimum absolute atomic E-state index is 0. The van der Waals surface area contributed by atoms with Gasteiger partial charge in [-0.25, -0.2) is 4.98 Å². The first-order valence-electron chi connectivity index (χ1n) is 8.17. The van der Waals surface area contributed by atoms with Gasteiger partial charge in [0, 0.05) is 29.6 Å². The lowest BCUT2D eigenvalue weighted by molar-refractivity contribution is -0.384. The Kier molecular flexibility index (Phi) is 12.5. The molecule has 0 saturated carbocycles. The molecule has 0 unspecified atom stereocenters. The molecule has 2 rings (SSSR count). The zero-order valence-corrected chi connectivity index (χ0v) is 15.4. The van der Waals surface area contributed by atoms with Crippen molar-refractivity contribution in [1.29, 1.82) is 0 Å². The lowest BCUT2D eigenvalue weighted by Gasteiger charge is -2.01. The van der Waals surface area contributed by atoms with Gasteiger partial charge in [0.25, 0.3) is 5.69 Å². The van der Waals surface area contributed by atoms with E-state index < -0.39 is 4.92 Å². The number of allylic oxidation sites excluding steroid dienone is 1. The monoisotopic (exact) mass is 345 g/mol. The quantitative estimate of drug-likeness (QED) is 0.464. The fourth-order valence-electron chi connectivity index (χ4n) is 2.07.